The number of hydrogen-bond donors (Lipinski definition) is 2. The zero-order valence-electron chi connectivity index (χ0n) is 12.5. The first-order valence-corrected chi connectivity index (χ1v) is 7.52. The number of hydrogen-bond acceptors (Lipinski definition) is 4. The number of nitrogens with one attached hydrogen (secondary N) is 2. The molecular formula is C14H19FIN5S. The Morgan fingerprint density at radius 1 is 1.32 bits per heavy atom. The van der Waals surface area contributed by atoms with E-state index in [0.29, 0.717) is 18.2 Å². The summed E-state index contributed by atoms with van der Waals surface area (Å²) < 4.78 is 13.5. The standard InChI is InChI=1S/C14H18FN5S.HI/c1-3-10-7-18-13(21-10)9-20-14(16-2)19-8-12-11(15)5-4-6-17-12;/h4-7H,3,8-9H2,1-2H3,(H2,16,19,20);1H. The molecule has 120 valence electrons. The third kappa shape index (κ3) is 5.48. The van der Waals surface area contributed by atoms with Crippen molar-refractivity contribution in [2.24, 2.45) is 4.99 Å². The summed E-state index contributed by atoms with van der Waals surface area (Å²) in [5, 5.41) is 7.18. The molecule has 5 nitrogen and oxygen atoms in total. The summed E-state index contributed by atoms with van der Waals surface area (Å²) in [4.78, 5) is 13.7. The Hall–Kier alpha value is -1.29. The third-order valence-electron chi connectivity index (χ3n) is 2.84. The Morgan fingerprint density at radius 2 is 2.09 bits per heavy atom. The lowest BCUT2D eigenvalue weighted by atomic mass is 10.3. The van der Waals surface area contributed by atoms with Gasteiger partial charge in [-0.25, -0.2) is 9.37 Å². The van der Waals surface area contributed by atoms with Gasteiger partial charge in [0.05, 0.1) is 18.8 Å². The third-order valence-corrected chi connectivity index (χ3v) is 3.98. The Labute approximate surface area is 150 Å². The minimum atomic E-state index is -0.326. The molecule has 2 N–H and O–H groups in total. The van der Waals surface area contributed by atoms with Gasteiger partial charge in [0.15, 0.2) is 5.96 Å². The Balaban J connectivity index is 0.00000242. The minimum Gasteiger partial charge on any atom is -0.351 e. The predicted molar refractivity (Wildman–Crippen MR) is 98.1 cm³/mol. The molecule has 0 aliphatic rings. The maximum atomic E-state index is 13.5. The zero-order chi connectivity index (χ0) is 15.1. The molecule has 0 atom stereocenters. The fourth-order valence-electron chi connectivity index (χ4n) is 1.69. The molecule has 8 heteroatoms. The topological polar surface area (TPSA) is 62.2 Å². The number of aromatic nitrogens is 2. The number of aliphatic imine (C=N–C) groups is 1. The van der Waals surface area contributed by atoms with E-state index in [1.165, 1.54) is 10.9 Å². The van der Waals surface area contributed by atoms with E-state index in [2.05, 4.69) is 32.5 Å². The van der Waals surface area contributed by atoms with Crippen molar-refractivity contribution in [1.82, 2.24) is 20.6 Å². The molecule has 0 bridgehead atoms. The molecule has 0 amide bonds. The van der Waals surface area contributed by atoms with Gasteiger partial charge < -0.3 is 10.6 Å². The summed E-state index contributed by atoms with van der Waals surface area (Å²) >= 11 is 1.67. The maximum Gasteiger partial charge on any atom is 0.191 e. The first-order valence-electron chi connectivity index (χ1n) is 6.70. The van der Waals surface area contributed by atoms with Gasteiger partial charge >= 0.3 is 0 Å². The second-order valence-corrected chi connectivity index (χ2v) is 5.48. The van der Waals surface area contributed by atoms with Crippen LogP contribution in [0.2, 0.25) is 0 Å². The van der Waals surface area contributed by atoms with Crippen LogP contribution < -0.4 is 10.6 Å². The van der Waals surface area contributed by atoms with Crippen molar-refractivity contribution in [2.45, 2.75) is 26.4 Å². The van der Waals surface area contributed by atoms with Crippen molar-refractivity contribution in [2.75, 3.05) is 7.05 Å². The Morgan fingerprint density at radius 3 is 2.73 bits per heavy atom. The molecule has 0 spiro atoms. The zero-order valence-corrected chi connectivity index (χ0v) is 15.6. The monoisotopic (exact) mass is 435 g/mol. The highest BCUT2D eigenvalue weighted by molar-refractivity contribution is 14.0. The molecule has 0 saturated heterocycles. The van der Waals surface area contributed by atoms with Crippen LogP contribution in [0.1, 0.15) is 22.5 Å². The van der Waals surface area contributed by atoms with E-state index in [-0.39, 0.29) is 36.3 Å². The summed E-state index contributed by atoms with van der Waals surface area (Å²) in [7, 11) is 1.67. The highest BCUT2D eigenvalue weighted by atomic mass is 127. The number of thiazole rings is 1. The fourth-order valence-corrected chi connectivity index (χ4v) is 2.49. The van der Waals surface area contributed by atoms with E-state index >= 15 is 0 Å². The highest BCUT2D eigenvalue weighted by Crippen LogP contribution is 2.12. The summed E-state index contributed by atoms with van der Waals surface area (Å²) in [6, 6.07) is 2.96. The van der Waals surface area contributed by atoms with Crippen molar-refractivity contribution in [1.29, 1.82) is 0 Å². The van der Waals surface area contributed by atoms with Crippen LogP contribution in [0, 0.1) is 5.82 Å². The van der Waals surface area contributed by atoms with E-state index in [0.717, 1.165) is 11.4 Å². The molecule has 22 heavy (non-hydrogen) atoms. The number of guanidine groups is 1. The van der Waals surface area contributed by atoms with Crippen molar-refractivity contribution in [3.05, 3.63) is 45.9 Å². The SMILES string of the molecule is CCc1cnc(CNC(=NC)NCc2ncccc2F)s1.I. The van der Waals surface area contributed by atoms with Crippen molar-refractivity contribution < 1.29 is 4.39 Å². The molecule has 2 aromatic rings. The molecule has 0 aliphatic heterocycles. The number of aryl methyl sites for hydroxylation is 1. The van der Waals surface area contributed by atoms with E-state index in [4.69, 9.17) is 0 Å². The van der Waals surface area contributed by atoms with E-state index in [1.807, 2.05) is 6.20 Å². The molecule has 0 radical (unpaired) electrons. The Kier molecular flexibility index (Phi) is 8.25. The van der Waals surface area contributed by atoms with Crippen molar-refractivity contribution in [3.63, 3.8) is 0 Å². The van der Waals surface area contributed by atoms with Crippen LogP contribution in [0.15, 0.2) is 29.5 Å². The van der Waals surface area contributed by atoms with Crippen LogP contribution in [0.25, 0.3) is 0 Å². The summed E-state index contributed by atoms with van der Waals surface area (Å²) in [5.74, 6) is 0.265. The molecule has 2 aromatic heterocycles. The lowest BCUT2D eigenvalue weighted by molar-refractivity contribution is 0.592. The van der Waals surface area contributed by atoms with Gasteiger partial charge in [-0.3, -0.25) is 9.98 Å². The van der Waals surface area contributed by atoms with Gasteiger partial charge in [0, 0.05) is 24.3 Å². The number of nitrogens with zero attached hydrogens (tertiary/aromatic N) is 3. The Bertz CT molecular complexity index is 617. The fraction of sp³-hybridized carbons (Fsp3) is 0.357. The van der Waals surface area contributed by atoms with Gasteiger partial charge in [0.1, 0.15) is 10.8 Å². The van der Waals surface area contributed by atoms with Crippen LogP contribution in [-0.2, 0) is 19.5 Å². The number of halogens is 2. The normalized spacial score (nSPS) is 11.0. The molecule has 0 aromatic carbocycles. The van der Waals surface area contributed by atoms with Gasteiger partial charge in [-0.2, -0.15) is 0 Å². The van der Waals surface area contributed by atoms with Gasteiger partial charge in [-0.15, -0.1) is 35.3 Å². The lowest BCUT2D eigenvalue weighted by Gasteiger charge is -2.10. The number of pyridine rings is 1. The summed E-state index contributed by atoms with van der Waals surface area (Å²) in [5.41, 5.74) is 0.364. The molecule has 2 heterocycles. The van der Waals surface area contributed by atoms with Crippen molar-refractivity contribution >= 4 is 41.3 Å². The highest BCUT2D eigenvalue weighted by Gasteiger charge is 2.05. The second-order valence-electron chi connectivity index (χ2n) is 4.29. The van der Waals surface area contributed by atoms with E-state index in [9.17, 15) is 4.39 Å². The maximum absolute atomic E-state index is 13.5. The average molecular weight is 435 g/mol. The van der Waals surface area contributed by atoms with Crippen LogP contribution in [0.3, 0.4) is 0 Å². The van der Waals surface area contributed by atoms with Gasteiger partial charge in [-0.1, -0.05) is 6.92 Å². The molecule has 0 aliphatic carbocycles. The van der Waals surface area contributed by atoms with Crippen LogP contribution >= 0.6 is 35.3 Å². The van der Waals surface area contributed by atoms with E-state index < -0.39 is 0 Å². The molecule has 0 unspecified atom stereocenters. The van der Waals surface area contributed by atoms with E-state index in [1.54, 1.807) is 30.6 Å². The van der Waals surface area contributed by atoms with Gasteiger partial charge in [-0.05, 0) is 18.6 Å². The van der Waals surface area contributed by atoms with Crippen molar-refractivity contribution in [3.8, 4) is 0 Å². The predicted octanol–water partition coefficient (Wildman–Crippen LogP) is 2.72. The summed E-state index contributed by atoms with van der Waals surface area (Å²) in [6.07, 6.45) is 4.45. The molecule has 0 fully saturated rings. The minimum absolute atomic E-state index is 0. The number of rotatable bonds is 5. The average Bonchev–Trinajstić information content (AvgIpc) is 2.97. The largest absolute Gasteiger partial charge is 0.351 e. The van der Waals surface area contributed by atoms with Gasteiger partial charge in [0.2, 0.25) is 0 Å². The van der Waals surface area contributed by atoms with Gasteiger partial charge in [0.25, 0.3) is 0 Å². The smallest absolute Gasteiger partial charge is 0.191 e. The molecule has 2 rings (SSSR count). The quantitative estimate of drug-likeness (QED) is 0.431. The molecule has 0 saturated carbocycles. The summed E-state index contributed by atoms with van der Waals surface area (Å²) in [6.45, 7) is 2.98. The lowest BCUT2D eigenvalue weighted by Crippen LogP contribution is -2.36. The van der Waals surface area contributed by atoms with Crippen LogP contribution in [0.5, 0.6) is 0 Å². The second kappa shape index (κ2) is 9.67. The molecular weight excluding hydrogens is 416 g/mol. The van der Waals surface area contributed by atoms with Crippen LogP contribution in [-0.4, -0.2) is 23.0 Å². The first-order chi connectivity index (χ1) is 10.2. The first kappa shape index (κ1) is 18.8. The van der Waals surface area contributed by atoms with Crippen LogP contribution in [0.4, 0.5) is 4.39 Å².